The molecular formula is HFIO4P. The Morgan fingerprint density at radius 1 is 1.86 bits per heavy atom. The molecule has 0 aromatic carbocycles. The third kappa shape index (κ3) is 3.36. The summed E-state index contributed by atoms with van der Waals surface area (Å²) in [6, 6.07) is 0. The molecule has 0 aliphatic rings. The first-order chi connectivity index (χ1) is 3.12. The fourth-order valence-electron chi connectivity index (χ4n) is 0.0106. The molecule has 0 bridgehead atoms. The minimum atomic E-state index is -4.33. The van der Waals surface area contributed by atoms with Crippen molar-refractivity contribution in [3.8, 4) is 0 Å². The van der Waals surface area contributed by atoms with Gasteiger partial charge in [-0.2, -0.15) is 0 Å². The van der Waals surface area contributed by atoms with Crippen LogP contribution in [0.3, 0.4) is 0 Å². The van der Waals surface area contributed by atoms with Gasteiger partial charge in [-0.05, 0) is 4.53 Å². The van der Waals surface area contributed by atoms with Gasteiger partial charge in [-0.25, -0.2) is 7.42 Å². The number of halogens is 2. The molecule has 0 fully saturated rings. The highest BCUT2D eigenvalue weighted by molar-refractivity contribution is 14.1. The van der Waals surface area contributed by atoms with Crippen LogP contribution in [0.2, 0.25) is 0 Å². The van der Waals surface area contributed by atoms with Crippen LogP contribution >= 0.6 is 30.8 Å². The monoisotopic (exact) mass is 242 g/mol. The normalized spacial score (nSPS) is 18.7. The molecule has 0 aliphatic carbocycles. The smallest absolute Gasteiger partial charge is 0.300 e. The lowest BCUT2D eigenvalue weighted by Crippen LogP contribution is -1.74. The Labute approximate surface area is 52.8 Å². The molecule has 1 N–H and O–H groups in total. The minimum absolute atomic E-state index is 1.05. The van der Waals surface area contributed by atoms with Crippen LogP contribution in [-0.4, -0.2) is 4.89 Å². The molecule has 7 heteroatoms. The van der Waals surface area contributed by atoms with Gasteiger partial charge in [-0.1, -0.05) is 4.73 Å². The zero-order valence-corrected chi connectivity index (χ0v) is 5.93. The van der Waals surface area contributed by atoms with Gasteiger partial charge in [-0.3, -0.25) is 0 Å². The van der Waals surface area contributed by atoms with E-state index >= 15 is 0 Å². The van der Waals surface area contributed by atoms with E-state index in [0.29, 0.717) is 0 Å². The summed E-state index contributed by atoms with van der Waals surface area (Å²) in [7, 11) is -4.33. The summed E-state index contributed by atoms with van der Waals surface area (Å²) in [6.45, 7) is 0. The SMILES string of the molecule is O=P(O)(OF)OI. The van der Waals surface area contributed by atoms with E-state index in [2.05, 4.69) is 7.58 Å². The highest BCUT2D eigenvalue weighted by atomic mass is 127. The van der Waals surface area contributed by atoms with Crippen LogP contribution in [0.1, 0.15) is 0 Å². The predicted octanol–water partition coefficient (Wildman–Crippen LogP) is 1.35. The van der Waals surface area contributed by atoms with Crippen LogP contribution in [0.15, 0.2) is 0 Å². The maximum absolute atomic E-state index is 10.6. The van der Waals surface area contributed by atoms with Gasteiger partial charge in [0.15, 0.2) is 0 Å². The Morgan fingerprint density at radius 3 is 2.29 bits per heavy atom. The molecule has 1 atom stereocenters. The molecule has 0 saturated heterocycles. The second-order valence-corrected chi connectivity index (χ2v) is 3.00. The second kappa shape index (κ2) is 2.93. The van der Waals surface area contributed by atoms with Gasteiger partial charge in [0.05, 0.1) is 0 Å². The number of hydrogen-bond acceptors (Lipinski definition) is 3. The molecule has 0 aliphatic heterocycles. The molecule has 4 nitrogen and oxygen atoms in total. The van der Waals surface area contributed by atoms with E-state index in [1.165, 1.54) is 0 Å². The van der Waals surface area contributed by atoms with Crippen LogP contribution in [0.4, 0.5) is 4.53 Å². The Bertz CT molecular complexity index is 83.7. The lowest BCUT2D eigenvalue weighted by atomic mass is 15.6. The Hall–Kier alpha value is 0.770. The van der Waals surface area contributed by atoms with E-state index in [-0.39, 0.29) is 0 Å². The molecule has 44 valence electrons. The fraction of sp³-hybridized carbons (Fsp3) is 0. The molecular weight excluding hydrogens is 241 g/mol. The first kappa shape index (κ1) is 7.77. The van der Waals surface area contributed by atoms with E-state index in [0.717, 1.165) is 23.0 Å². The van der Waals surface area contributed by atoms with E-state index < -0.39 is 7.82 Å². The summed E-state index contributed by atoms with van der Waals surface area (Å²) < 4.78 is 26.3. The summed E-state index contributed by atoms with van der Waals surface area (Å²) in [5.74, 6) is 0. The summed E-state index contributed by atoms with van der Waals surface area (Å²) in [4.78, 5) is 7.86. The first-order valence-electron chi connectivity index (χ1n) is 1.06. The molecule has 0 spiro atoms. The Kier molecular flexibility index (Phi) is 3.25. The van der Waals surface area contributed by atoms with E-state index in [1.54, 1.807) is 0 Å². The topological polar surface area (TPSA) is 55.8 Å². The number of phosphoric acid groups is 1. The van der Waals surface area contributed by atoms with Crippen LogP contribution in [-0.2, 0) is 12.1 Å². The van der Waals surface area contributed by atoms with Crippen molar-refractivity contribution in [1.82, 2.24) is 0 Å². The molecule has 0 radical (unpaired) electrons. The van der Waals surface area contributed by atoms with E-state index in [9.17, 15) is 9.09 Å². The number of rotatable bonds is 2. The van der Waals surface area contributed by atoms with E-state index in [4.69, 9.17) is 4.89 Å². The first-order valence-corrected chi connectivity index (χ1v) is 3.43. The van der Waals surface area contributed by atoms with Gasteiger partial charge in [-0.15, -0.1) is 0 Å². The zero-order valence-electron chi connectivity index (χ0n) is 2.88. The maximum Gasteiger partial charge on any atom is 0.512 e. The predicted molar refractivity (Wildman–Crippen MR) is 27.1 cm³/mol. The second-order valence-electron chi connectivity index (χ2n) is 0.607. The highest BCUT2D eigenvalue weighted by Gasteiger charge is 2.19. The van der Waals surface area contributed by atoms with Crippen molar-refractivity contribution in [3.05, 3.63) is 0 Å². The van der Waals surface area contributed by atoms with Crippen molar-refractivity contribution in [2.24, 2.45) is 0 Å². The van der Waals surface area contributed by atoms with Gasteiger partial charge in [0.25, 0.3) is 0 Å². The Balaban J connectivity index is 3.61. The average Bonchev–Trinajstić information content (AvgIpc) is 1.68. The van der Waals surface area contributed by atoms with Crippen molar-refractivity contribution in [1.29, 1.82) is 0 Å². The van der Waals surface area contributed by atoms with Crippen molar-refractivity contribution in [2.45, 2.75) is 0 Å². The van der Waals surface area contributed by atoms with Gasteiger partial charge < -0.3 is 4.89 Å². The van der Waals surface area contributed by atoms with Gasteiger partial charge in [0.1, 0.15) is 23.0 Å². The van der Waals surface area contributed by atoms with Crippen LogP contribution in [0, 0.1) is 0 Å². The fourth-order valence-corrected chi connectivity index (χ4v) is 0.214. The van der Waals surface area contributed by atoms with E-state index in [1.807, 2.05) is 0 Å². The average molecular weight is 242 g/mol. The van der Waals surface area contributed by atoms with Crippen molar-refractivity contribution >= 4 is 30.8 Å². The molecule has 0 rings (SSSR count). The van der Waals surface area contributed by atoms with Crippen LogP contribution in [0.5, 0.6) is 0 Å². The van der Waals surface area contributed by atoms with Crippen molar-refractivity contribution in [2.75, 3.05) is 0 Å². The maximum atomic E-state index is 10.6. The largest absolute Gasteiger partial charge is 0.512 e. The van der Waals surface area contributed by atoms with Gasteiger partial charge in [0, 0.05) is 0 Å². The summed E-state index contributed by atoms with van der Waals surface area (Å²) in [6.07, 6.45) is 0. The molecule has 0 aromatic rings. The zero-order chi connectivity index (χ0) is 5.91. The molecule has 7 heavy (non-hydrogen) atoms. The highest BCUT2D eigenvalue weighted by Crippen LogP contribution is 2.45. The summed E-state index contributed by atoms with van der Waals surface area (Å²) >= 11 is 1.05. The third-order valence-electron chi connectivity index (χ3n) is 0.174. The minimum Gasteiger partial charge on any atom is -0.300 e. The lowest BCUT2D eigenvalue weighted by Gasteiger charge is -1.94. The molecule has 0 heterocycles. The molecule has 0 aromatic heterocycles. The van der Waals surface area contributed by atoms with Crippen molar-refractivity contribution < 1.29 is 21.6 Å². The van der Waals surface area contributed by atoms with Crippen LogP contribution in [0.25, 0.3) is 0 Å². The standard InChI is InChI=1S/FHIO4P/c1-5-7(3,4)6-2/h(H,3,4). The summed E-state index contributed by atoms with van der Waals surface area (Å²) in [5.41, 5.74) is 0. The number of hydrogen-bond donors (Lipinski definition) is 1. The van der Waals surface area contributed by atoms with Gasteiger partial charge in [0.2, 0.25) is 0 Å². The van der Waals surface area contributed by atoms with Crippen molar-refractivity contribution in [3.63, 3.8) is 0 Å². The molecule has 0 saturated carbocycles. The third-order valence-corrected chi connectivity index (χ3v) is 2.02. The summed E-state index contributed by atoms with van der Waals surface area (Å²) in [5, 5.41) is 0. The quantitative estimate of drug-likeness (QED) is 0.586. The Morgan fingerprint density at radius 2 is 2.29 bits per heavy atom. The molecule has 1 unspecified atom stereocenters. The van der Waals surface area contributed by atoms with Gasteiger partial charge >= 0.3 is 7.82 Å². The molecule has 0 amide bonds. The lowest BCUT2D eigenvalue weighted by molar-refractivity contribution is -0.0326. The van der Waals surface area contributed by atoms with Crippen LogP contribution < -0.4 is 0 Å².